The Balaban J connectivity index is 3.29. The van der Waals surface area contributed by atoms with Crippen molar-refractivity contribution in [2.75, 3.05) is 6.54 Å². The minimum absolute atomic E-state index is 0.654. The Kier molecular flexibility index (Phi) is 6.97. The zero-order chi connectivity index (χ0) is 10.3. The maximum Gasteiger partial charge on any atom is 0.00389 e. The average molecular weight is 183 g/mol. The van der Waals surface area contributed by atoms with E-state index in [4.69, 9.17) is 0 Å². The molecule has 13 heavy (non-hydrogen) atoms. The molecule has 0 saturated heterocycles. The largest absolute Gasteiger partial charge is 0.314 e. The zero-order valence-electron chi connectivity index (χ0n) is 9.69. The molecular formula is C12H25N. The van der Waals surface area contributed by atoms with Crippen LogP contribution in [-0.4, -0.2) is 12.6 Å². The normalized spacial score (nSPS) is 13.3. The van der Waals surface area contributed by atoms with Gasteiger partial charge in [0.1, 0.15) is 0 Å². The predicted molar refractivity (Wildman–Crippen MR) is 61.0 cm³/mol. The Morgan fingerprint density at radius 2 is 1.85 bits per heavy atom. The predicted octanol–water partition coefficient (Wildman–Crippen LogP) is 3.37. The molecule has 0 bridgehead atoms. The molecule has 0 radical (unpaired) electrons. The first kappa shape index (κ1) is 12.7. The van der Waals surface area contributed by atoms with Gasteiger partial charge in [-0.15, -0.1) is 6.58 Å². The zero-order valence-corrected chi connectivity index (χ0v) is 9.69. The third-order valence-electron chi connectivity index (χ3n) is 2.22. The van der Waals surface area contributed by atoms with Gasteiger partial charge in [-0.05, 0) is 45.6 Å². The SMILES string of the molecule is C=C(C)CCNC(C)CCC(C)C. The van der Waals surface area contributed by atoms with Gasteiger partial charge in [0, 0.05) is 6.04 Å². The van der Waals surface area contributed by atoms with E-state index in [0.29, 0.717) is 6.04 Å². The van der Waals surface area contributed by atoms with Crippen LogP contribution in [0.1, 0.15) is 47.0 Å². The van der Waals surface area contributed by atoms with Crippen LogP contribution in [0, 0.1) is 5.92 Å². The van der Waals surface area contributed by atoms with Crippen LogP contribution in [0.2, 0.25) is 0 Å². The number of rotatable bonds is 7. The molecule has 0 spiro atoms. The first-order chi connectivity index (χ1) is 6.02. The molecule has 1 nitrogen and oxygen atoms in total. The molecule has 1 heteroatoms. The van der Waals surface area contributed by atoms with E-state index in [1.165, 1.54) is 18.4 Å². The summed E-state index contributed by atoms with van der Waals surface area (Å²) in [6, 6.07) is 0.654. The molecule has 78 valence electrons. The van der Waals surface area contributed by atoms with E-state index < -0.39 is 0 Å². The molecule has 0 aliphatic heterocycles. The van der Waals surface area contributed by atoms with Crippen molar-refractivity contribution in [1.82, 2.24) is 5.32 Å². The smallest absolute Gasteiger partial charge is 0.00389 e. The van der Waals surface area contributed by atoms with E-state index in [2.05, 4.69) is 39.6 Å². The van der Waals surface area contributed by atoms with Crippen LogP contribution in [-0.2, 0) is 0 Å². The van der Waals surface area contributed by atoms with Crippen molar-refractivity contribution in [2.45, 2.75) is 53.0 Å². The highest BCUT2D eigenvalue weighted by Gasteiger charge is 2.01. The van der Waals surface area contributed by atoms with E-state index in [1.54, 1.807) is 0 Å². The van der Waals surface area contributed by atoms with Crippen molar-refractivity contribution in [3.63, 3.8) is 0 Å². The van der Waals surface area contributed by atoms with Crippen LogP contribution in [0.15, 0.2) is 12.2 Å². The second-order valence-corrected chi connectivity index (χ2v) is 4.53. The highest BCUT2D eigenvalue weighted by Crippen LogP contribution is 2.06. The summed E-state index contributed by atoms with van der Waals surface area (Å²) in [6.07, 6.45) is 3.71. The van der Waals surface area contributed by atoms with Gasteiger partial charge in [-0.3, -0.25) is 0 Å². The first-order valence-electron chi connectivity index (χ1n) is 5.40. The molecule has 0 amide bonds. The monoisotopic (exact) mass is 183 g/mol. The van der Waals surface area contributed by atoms with Crippen LogP contribution < -0.4 is 5.32 Å². The van der Waals surface area contributed by atoms with Crippen molar-refractivity contribution < 1.29 is 0 Å². The minimum atomic E-state index is 0.654. The summed E-state index contributed by atoms with van der Waals surface area (Å²) in [5.41, 5.74) is 1.27. The van der Waals surface area contributed by atoms with E-state index in [1.807, 2.05) is 0 Å². The molecule has 0 aliphatic carbocycles. The molecule has 0 aromatic heterocycles. The molecule has 0 aliphatic rings. The lowest BCUT2D eigenvalue weighted by molar-refractivity contribution is 0.453. The van der Waals surface area contributed by atoms with Gasteiger partial charge in [-0.2, -0.15) is 0 Å². The molecular weight excluding hydrogens is 158 g/mol. The summed E-state index contributed by atoms with van der Waals surface area (Å²) in [5.74, 6) is 0.824. The van der Waals surface area contributed by atoms with Crippen LogP contribution in [0.4, 0.5) is 0 Å². The van der Waals surface area contributed by atoms with Gasteiger partial charge >= 0.3 is 0 Å². The fourth-order valence-electron chi connectivity index (χ4n) is 1.22. The van der Waals surface area contributed by atoms with Gasteiger partial charge in [-0.1, -0.05) is 19.4 Å². The summed E-state index contributed by atoms with van der Waals surface area (Å²) < 4.78 is 0. The van der Waals surface area contributed by atoms with Gasteiger partial charge in [0.2, 0.25) is 0 Å². The maximum absolute atomic E-state index is 3.89. The average Bonchev–Trinajstić information content (AvgIpc) is 2.00. The molecule has 1 atom stereocenters. The van der Waals surface area contributed by atoms with Gasteiger partial charge in [0.15, 0.2) is 0 Å². The Labute approximate surface area is 83.6 Å². The molecule has 1 N–H and O–H groups in total. The molecule has 0 aromatic carbocycles. The Bertz CT molecular complexity index is 138. The highest BCUT2D eigenvalue weighted by molar-refractivity contribution is 4.88. The second-order valence-electron chi connectivity index (χ2n) is 4.53. The molecule has 0 aromatic rings. The van der Waals surface area contributed by atoms with Crippen molar-refractivity contribution in [1.29, 1.82) is 0 Å². The van der Waals surface area contributed by atoms with Crippen LogP contribution in [0.3, 0.4) is 0 Å². The lowest BCUT2D eigenvalue weighted by Crippen LogP contribution is -2.27. The molecule has 1 unspecified atom stereocenters. The molecule has 0 saturated carbocycles. The standard InChI is InChI=1S/C12H25N/c1-10(2)6-7-12(5)13-9-8-11(3)4/h10,12-13H,3,6-9H2,1-2,4-5H3. The molecule has 0 fully saturated rings. The number of hydrogen-bond donors (Lipinski definition) is 1. The third-order valence-corrected chi connectivity index (χ3v) is 2.22. The fraction of sp³-hybridized carbons (Fsp3) is 0.833. The Hall–Kier alpha value is -0.300. The van der Waals surface area contributed by atoms with Crippen molar-refractivity contribution in [3.05, 3.63) is 12.2 Å². The van der Waals surface area contributed by atoms with Crippen molar-refractivity contribution in [2.24, 2.45) is 5.92 Å². The summed E-state index contributed by atoms with van der Waals surface area (Å²) in [6.45, 7) is 13.9. The maximum atomic E-state index is 3.89. The quantitative estimate of drug-likeness (QED) is 0.597. The lowest BCUT2D eigenvalue weighted by atomic mass is 10.0. The summed E-state index contributed by atoms with van der Waals surface area (Å²) >= 11 is 0. The van der Waals surface area contributed by atoms with E-state index in [9.17, 15) is 0 Å². The number of hydrogen-bond acceptors (Lipinski definition) is 1. The van der Waals surface area contributed by atoms with Gasteiger partial charge in [-0.25, -0.2) is 0 Å². The van der Waals surface area contributed by atoms with E-state index >= 15 is 0 Å². The minimum Gasteiger partial charge on any atom is -0.314 e. The van der Waals surface area contributed by atoms with E-state index in [-0.39, 0.29) is 0 Å². The molecule has 0 heterocycles. The second kappa shape index (κ2) is 7.14. The van der Waals surface area contributed by atoms with Gasteiger partial charge in [0.25, 0.3) is 0 Å². The topological polar surface area (TPSA) is 12.0 Å². The summed E-state index contributed by atoms with van der Waals surface area (Å²) in [4.78, 5) is 0. The third kappa shape index (κ3) is 9.62. The Morgan fingerprint density at radius 3 is 2.31 bits per heavy atom. The van der Waals surface area contributed by atoms with Crippen molar-refractivity contribution >= 4 is 0 Å². The lowest BCUT2D eigenvalue weighted by Gasteiger charge is -2.14. The molecule has 0 rings (SSSR count). The van der Waals surface area contributed by atoms with Crippen molar-refractivity contribution in [3.8, 4) is 0 Å². The summed E-state index contributed by atoms with van der Waals surface area (Å²) in [5, 5.41) is 3.51. The summed E-state index contributed by atoms with van der Waals surface area (Å²) in [7, 11) is 0. The van der Waals surface area contributed by atoms with Crippen LogP contribution in [0.25, 0.3) is 0 Å². The Morgan fingerprint density at radius 1 is 1.23 bits per heavy atom. The van der Waals surface area contributed by atoms with Crippen LogP contribution >= 0.6 is 0 Å². The highest BCUT2D eigenvalue weighted by atomic mass is 14.9. The first-order valence-corrected chi connectivity index (χ1v) is 5.40. The fourth-order valence-corrected chi connectivity index (χ4v) is 1.22. The van der Waals surface area contributed by atoms with Gasteiger partial charge < -0.3 is 5.32 Å². The van der Waals surface area contributed by atoms with Crippen LogP contribution in [0.5, 0.6) is 0 Å². The van der Waals surface area contributed by atoms with E-state index in [0.717, 1.165) is 18.9 Å². The van der Waals surface area contributed by atoms with Gasteiger partial charge in [0.05, 0.1) is 0 Å². The number of nitrogens with one attached hydrogen (secondary N) is 1.